The predicted octanol–water partition coefficient (Wildman–Crippen LogP) is 3.61. The van der Waals surface area contributed by atoms with Crippen LogP contribution in [0.15, 0.2) is 17.7 Å². The van der Waals surface area contributed by atoms with Crippen LogP contribution in [0.5, 0.6) is 11.5 Å². The van der Waals surface area contributed by atoms with Crippen LogP contribution in [0, 0.1) is 6.92 Å². The van der Waals surface area contributed by atoms with Crippen LogP contribution in [-0.4, -0.2) is 20.2 Å². The smallest absolute Gasteiger partial charge is 0.332 e. The molecular formula is C18H22O4. The molecule has 0 saturated carbocycles. The van der Waals surface area contributed by atoms with Gasteiger partial charge in [0.2, 0.25) is 0 Å². The Labute approximate surface area is 131 Å². The highest BCUT2D eigenvalue weighted by Gasteiger charge is 2.48. The van der Waals surface area contributed by atoms with Crippen molar-refractivity contribution >= 4 is 5.97 Å². The van der Waals surface area contributed by atoms with Crippen molar-refractivity contribution in [2.45, 2.75) is 45.1 Å². The van der Waals surface area contributed by atoms with Gasteiger partial charge < -0.3 is 14.2 Å². The van der Waals surface area contributed by atoms with Crippen molar-refractivity contribution in [1.82, 2.24) is 0 Å². The van der Waals surface area contributed by atoms with Gasteiger partial charge in [0.1, 0.15) is 0 Å². The Balaban J connectivity index is 2.31. The Kier molecular flexibility index (Phi) is 3.42. The minimum absolute atomic E-state index is 0.259. The number of ether oxygens (including phenoxy) is 3. The van der Waals surface area contributed by atoms with E-state index in [0.717, 1.165) is 46.6 Å². The fraction of sp³-hybridized carbons (Fsp3) is 0.500. The van der Waals surface area contributed by atoms with Gasteiger partial charge in [-0.2, -0.15) is 0 Å². The zero-order valence-electron chi connectivity index (χ0n) is 13.8. The molecule has 1 aromatic carbocycles. The maximum atomic E-state index is 11.8. The molecule has 0 N–H and O–H groups in total. The van der Waals surface area contributed by atoms with Crippen molar-refractivity contribution in [3.63, 3.8) is 0 Å². The van der Waals surface area contributed by atoms with Gasteiger partial charge in [-0.1, -0.05) is 6.92 Å². The summed E-state index contributed by atoms with van der Waals surface area (Å²) in [6, 6.07) is 2.09. The van der Waals surface area contributed by atoms with E-state index >= 15 is 0 Å². The van der Waals surface area contributed by atoms with E-state index in [-0.39, 0.29) is 5.97 Å². The second-order valence-corrected chi connectivity index (χ2v) is 6.24. The molecule has 0 fully saturated rings. The second kappa shape index (κ2) is 5.04. The lowest BCUT2D eigenvalue weighted by Crippen LogP contribution is -2.34. The highest BCUT2D eigenvalue weighted by atomic mass is 16.6. The Morgan fingerprint density at radius 3 is 2.45 bits per heavy atom. The number of methoxy groups -OCH3 is 2. The number of hydrogen-bond donors (Lipinski definition) is 0. The van der Waals surface area contributed by atoms with E-state index < -0.39 is 5.60 Å². The lowest BCUT2D eigenvalue weighted by atomic mass is 9.71. The quantitative estimate of drug-likeness (QED) is 0.783. The predicted molar refractivity (Wildman–Crippen MR) is 83.5 cm³/mol. The number of benzene rings is 1. The molecular weight excluding hydrogens is 280 g/mol. The van der Waals surface area contributed by atoms with Crippen LogP contribution in [0.4, 0.5) is 0 Å². The lowest BCUT2D eigenvalue weighted by molar-refractivity contribution is -0.148. The van der Waals surface area contributed by atoms with Crippen LogP contribution in [0.25, 0.3) is 0 Å². The van der Waals surface area contributed by atoms with Gasteiger partial charge >= 0.3 is 5.97 Å². The molecule has 3 rings (SSSR count). The maximum Gasteiger partial charge on any atom is 0.332 e. The third-order valence-corrected chi connectivity index (χ3v) is 4.97. The van der Waals surface area contributed by atoms with Crippen molar-refractivity contribution < 1.29 is 19.0 Å². The van der Waals surface area contributed by atoms with Crippen molar-refractivity contribution in [2.75, 3.05) is 14.2 Å². The number of rotatable bonds is 2. The van der Waals surface area contributed by atoms with Crippen molar-refractivity contribution in [3.8, 4) is 11.5 Å². The van der Waals surface area contributed by atoms with Crippen LogP contribution in [-0.2, 0) is 15.1 Å². The van der Waals surface area contributed by atoms with Gasteiger partial charge in [-0.05, 0) is 49.8 Å². The van der Waals surface area contributed by atoms with E-state index in [1.807, 2.05) is 13.8 Å². The first-order valence-corrected chi connectivity index (χ1v) is 7.62. The Hall–Kier alpha value is -1.97. The molecule has 2 aliphatic rings. The van der Waals surface area contributed by atoms with Crippen LogP contribution < -0.4 is 9.47 Å². The molecule has 1 spiro atoms. The van der Waals surface area contributed by atoms with Crippen molar-refractivity contribution in [1.29, 1.82) is 0 Å². The standard InChI is InChI=1S/C18H22O4/c1-10-6-7-18(12(3)9-14(19)22-18)13-8-11(2)16(20-4)17(21-5)15(10)13/h8-10H,6-7H2,1-5H3/t10-,18+/m0/s1. The largest absolute Gasteiger partial charge is 0.493 e. The average Bonchev–Trinajstić information content (AvgIpc) is 2.77. The first kappa shape index (κ1) is 14.9. The van der Waals surface area contributed by atoms with Crippen molar-refractivity contribution in [2.24, 2.45) is 0 Å². The zero-order valence-corrected chi connectivity index (χ0v) is 13.8. The molecule has 1 aliphatic heterocycles. The van der Waals surface area contributed by atoms with Gasteiger partial charge in [0, 0.05) is 17.2 Å². The summed E-state index contributed by atoms with van der Waals surface area (Å²) in [4.78, 5) is 11.8. The van der Waals surface area contributed by atoms with Crippen LogP contribution in [0.3, 0.4) is 0 Å². The summed E-state index contributed by atoms with van der Waals surface area (Å²) in [5.74, 6) is 1.60. The number of fused-ring (bicyclic) bond motifs is 2. The van der Waals surface area contributed by atoms with E-state index in [4.69, 9.17) is 14.2 Å². The first-order valence-electron chi connectivity index (χ1n) is 7.62. The summed E-state index contributed by atoms with van der Waals surface area (Å²) in [6.07, 6.45) is 3.35. The molecule has 0 bridgehead atoms. The average molecular weight is 302 g/mol. The number of aryl methyl sites for hydroxylation is 1. The molecule has 0 unspecified atom stereocenters. The Bertz CT molecular complexity index is 674. The summed E-state index contributed by atoms with van der Waals surface area (Å²) < 4.78 is 17.0. The molecule has 0 aromatic heterocycles. The number of hydrogen-bond acceptors (Lipinski definition) is 4. The minimum atomic E-state index is -0.636. The molecule has 4 heteroatoms. The SMILES string of the molecule is COc1c(C)cc2c(c1OC)[C@@H](C)CC[C@]21OC(=O)C=C1C. The summed E-state index contributed by atoms with van der Waals surface area (Å²) in [7, 11) is 3.32. The monoisotopic (exact) mass is 302 g/mol. The van der Waals surface area contributed by atoms with E-state index in [1.165, 1.54) is 0 Å². The topological polar surface area (TPSA) is 44.8 Å². The third-order valence-electron chi connectivity index (χ3n) is 4.97. The van der Waals surface area contributed by atoms with Crippen molar-refractivity contribution in [3.05, 3.63) is 34.4 Å². The van der Waals surface area contributed by atoms with Crippen LogP contribution in [0.2, 0.25) is 0 Å². The van der Waals surface area contributed by atoms with E-state index in [9.17, 15) is 4.79 Å². The highest BCUT2D eigenvalue weighted by Crippen LogP contribution is 2.55. The summed E-state index contributed by atoms with van der Waals surface area (Å²) >= 11 is 0. The second-order valence-electron chi connectivity index (χ2n) is 6.24. The molecule has 0 amide bonds. The maximum absolute atomic E-state index is 11.8. The van der Waals surface area contributed by atoms with Gasteiger partial charge in [-0.25, -0.2) is 4.79 Å². The van der Waals surface area contributed by atoms with Gasteiger partial charge in [0.15, 0.2) is 17.1 Å². The first-order chi connectivity index (χ1) is 10.4. The molecule has 118 valence electrons. The molecule has 1 aliphatic carbocycles. The molecule has 1 heterocycles. The molecule has 0 saturated heterocycles. The zero-order chi connectivity index (χ0) is 16.1. The lowest BCUT2D eigenvalue weighted by Gasteiger charge is -2.39. The molecule has 4 nitrogen and oxygen atoms in total. The van der Waals surface area contributed by atoms with Gasteiger partial charge in [0.25, 0.3) is 0 Å². The third kappa shape index (κ3) is 1.86. The number of esters is 1. The normalized spacial score (nSPS) is 26.5. The summed E-state index contributed by atoms with van der Waals surface area (Å²) in [5.41, 5.74) is 3.46. The fourth-order valence-corrected chi connectivity index (χ4v) is 3.85. The summed E-state index contributed by atoms with van der Waals surface area (Å²) in [5, 5.41) is 0. The molecule has 22 heavy (non-hydrogen) atoms. The Morgan fingerprint density at radius 1 is 1.23 bits per heavy atom. The van der Waals surface area contributed by atoms with Crippen LogP contribution >= 0.6 is 0 Å². The van der Waals surface area contributed by atoms with E-state index in [1.54, 1.807) is 20.3 Å². The molecule has 0 radical (unpaired) electrons. The van der Waals surface area contributed by atoms with Gasteiger partial charge in [0.05, 0.1) is 14.2 Å². The van der Waals surface area contributed by atoms with E-state index in [2.05, 4.69) is 13.0 Å². The molecule has 2 atom stereocenters. The van der Waals surface area contributed by atoms with E-state index in [0.29, 0.717) is 5.92 Å². The van der Waals surface area contributed by atoms with Gasteiger partial charge in [-0.15, -0.1) is 0 Å². The highest BCUT2D eigenvalue weighted by molar-refractivity contribution is 5.87. The number of carbonyl (C=O) groups excluding carboxylic acids is 1. The fourth-order valence-electron chi connectivity index (χ4n) is 3.85. The summed E-state index contributed by atoms with van der Waals surface area (Å²) in [6.45, 7) is 6.14. The number of carbonyl (C=O) groups is 1. The van der Waals surface area contributed by atoms with Crippen LogP contribution in [0.1, 0.15) is 49.3 Å². The van der Waals surface area contributed by atoms with Gasteiger partial charge in [-0.3, -0.25) is 0 Å². The molecule has 1 aromatic rings. The minimum Gasteiger partial charge on any atom is -0.493 e. The Morgan fingerprint density at radius 2 is 1.91 bits per heavy atom.